The number of aryl methyl sites for hydroxylation is 1. The normalized spacial score (nSPS) is 10.4. The predicted molar refractivity (Wildman–Crippen MR) is 64.3 cm³/mol. The molecule has 2 aromatic rings. The maximum atomic E-state index is 11.8. The van der Waals surface area contributed by atoms with Crippen molar-refractivity contribution in [2.75, 3.05) is 0 Å². The summed E-state index contributed by atoms with van der Waals surface area (Å²) in [4.78, 5) is 16.2. The van der Waals surface area contributed by atoms with E-state index in [4.69, 9.17) is 0 Å². The average Bonchev–Trinajstić information content (AvgIpc) is 2.30. The van der Waals surface area contributed by atoms with Gasteiger partial charge in [0.15, 0.2) is 0 Å². The predicted octanol–water partition coefficient (Wildman–Crippen LogP) is 2.24. The van der Waals surface area contributed by atoms with Crippen LogP contribution in [0, 0.1) is 6.92 Å². The fraction of sp³-hybridized carbons (Fsp3) is 0.231. The molecule has 0 amide bonds. The van der Waals surface area contributed by atoms with Crippen molar-refractivity contribution in [3.05, 3.63) is 52.6 Å². The SMILES string of the molecule is CCn1c(C)nc(-c2ccccc2)cc1=O. The minimum atomic E-state index is 0.00820. The van der Waals surface area contributed by atoms with E-state index in [1.54, 1.807) is 10.6 Å². The van der Waals surface area contributed by atoms with Crippen LogP contribution in [0.1, 0.15) is 12.7 Å². The molecule has 0 saturated carbocycles. The lowest BCUT2D eigenvalue weighted by Crippen LogP contribution is -2.22. The van der Waals surface area contributed by atoms with Gasteiger partial charge in [0, 0.05) is 18.2 Å². The molecule has 1 aromatic carbocycles. The van der Waals surface area contributed by atoms with Crippen LogP contribution in [0.15, 0.2) is 41.2 Å². The van der Waals surface area contributed by atoms with Crippen LogP contribution in [-0.4, -0.2) is 9.55 Å². The molecule has 0 radical (unpaired) electrons. The first-order chi connectivity index (χ1) is 7.72. The number of benzene rings is 1. The molecule has 3 nitrogen and oxygen atoms in total. The minimum Gasteiger partial charge on any atom is -0.297 e. The monoisotopic (exact) mass is 214 g/mol. The second-order valence-electron chi connectivity index (χ2n) is 3.64. The van der Waals surface area contributed by atoms with Gasteiger partial charge in [0.1, 0.15) is 5.82 Å². The van der Waals surface area contributed by atoms with Gasteiger partial charge in [-0.3, -0.25) is 9.36 Å². The molecule has 0 aliphatic carbocycles. The highest BCUT2D eigenvalue weighted by Gasteiger charge is 2.04. The summed E-state index contributed by atoms with van der Waals surface area (Å²) in [5.74, 6) is 0.758. The third-order valence-electron chi connectivity index (χ3n) is 2.58. The molecule has 0 bridgehead atoms. The maximum Gasteiger partial charge on any atom is 0.254 e. The molecule has 0 saturated heterocycles. The van der Waals surface area contributed by atoms with E-state index < -0.39 is 0 Å². The van der Waals surface area contributed by atoms with Crippen molar-refractivity contribution < 1.29 is 0 Å². The van der Waals surface area contributed by atoms with E-state index in [2.05, 4.69) is 4.98 Å². The zero-order valence-electron chi connectivity index (χ0n) is 9.47. The first-order valence-corrected chi connectivity index (χ1v) is 5.36. The topological polar surface area (TPSA) is 34.9 Å². The van der Waals surface area contributed by atoms with Crippen LogP contribution in [0.4, 0.5) is 0 Å². The van der Waals surface area contributed by atoms with Crippen molar-refractivity contribution in [3.63, 3.8) is 0 Å². The molecule has 1 aromatic heterocycles. The van der Waals surface area contributed by atoms with Gasteiger partial charge in [-0.25, -0.2) is 4.98 Å². The molecule has 2 rings (SSSR count). The first-order valence-electron chi connectivity index (χ1n) is 5.36. The zero-order valence-corrected chi connectivity index (χ0v) is 9.47. The highest BCUT2D eigenvalue weighted by atomic mass is 16.1. The molecule has 0 fully saturated rings. The maximum absolute atomic E-state index is 11.8. The van der Waals surface area contributed by atoms with E-state index in [9.17, 15) is 4.79 Å². The highest BCUT2D eigenvalue weighted by Crippen LogP contribution is 2.14. The van der Waals surface area contributed by atoms with E-state index in [1.165, 1.54) is 0 Å². The highest BCUT2D eigenvalue weighted by molar-refractivity contribution is 5.58. The fourth-order valence-corrected chi connectivity index (χ4v) is 1.76. The number of aromatic nitrogens is 2. The molecule has 0 N–H and O–H groups in total. The standard InChI is InChI=1S/C13H14N2O/c1-3-15-10(2)14-12(9-13(15)16)11-7-5-4-6-8-11/h4-9H,3H2,1-2H3. The van der Waals surface area contributed by atoms with Crippen molar-refractivity contribution in [2.45, 2.75) is 20.4 Å². The summed E-state index contributed by atoms with van der Waals surface area (Å²) in [6, 6.07) is 11.3. The Labute approximate surface area is 94.4 Å². The van der Waals surface area contributed by atoms with Crippen LogP contribution in [0.5, 0.6) is 0 Å². The molecule has 0 aliphatic rings. The smallest absolute Gasteiger partial charge is 0.254 e. The summed E-state index contributed by atoms with van der Waals surface area (Å²) in [7, 11) is 0. The van der Waals surface area contributed by atoms with Crippen LogP contribution in [0.3, 0.4) is 0 Å². The lowest BCUT2D eigenvalue weighted by Gasteiger charge is -2.08. The van der Waals surface area contributed by atoms with Crippen LogP contribution in [0.2, 0.25) is 0 Å². The molecule has 0 unspecified atom stereocenters. The Hall–Kier alpha value is -1.90. The van der Waals surface area contributed by atoms with Crippen molar-refractivity contribution in [1.82, 2.24) is 9.55 Å². The molecular formula is C13H14N2O. The Bertz CT molecular complexity index is 544. The number of hydrogen-bond acceptors (Lipinski definition) is 2. The average molecular weight is 214 g/mol. The Morgan fingerprint density at radius 1 is 1.25 bits per heavy atom. The third kappa shape index (κ3) is 1.89. The van der Waals surface area contributed by atoms with Crippen molar-refractivity contribution in [2.24, 2.45) is 0 Å². The van der Waals surface area contributed by atoms with Crippen molar-refractivity contribution in [3.8, 4) is 11.3 Å². The molecular weight excluding hydrogens is 200 g/mol. The Kier molecular flexibility index (Phi) is 2.86. The summed E-state index contributed by atoms with van der Waals surface area (Å²) in [6.07, 6.45) is 0. The van der Waals surface area contributed by atoms with Crippen LogP contribution in [0.25, 0.3) is 11.3 Å². The number of hydrogen-bond donors (Lipinski definition) is 0. The van der Waals surface area contributed by atoms with Gasteiger partial charge in [-0.2, -0.15) is 0 Å². The second-order valence-corrected chi connectivity index (χ2v) is 3.64. The number of nitrogens with zero attached hydrogens (tertiary/aromatic N) is 2. The summed E-state index contributed by atoms with van der Waals surface area (Å²) in [6.45, 7) is 4.46. The van der Waals surface area contributed by atoms with Crippen LogP contribution >= 0.6 is 0 Å². The Balaban J connectivity index is 2.57. The Morgan fingerprint density at radius 2 is 1.94 bits per heavy atom. The third-order valence-corrected chi connectivity index (χ3v) is 2.58. The summed E-state index contributed by atoms with van der Waals surface area (Å²) < 4.78 is 1.66. The zero-order chi connectivity index (χ0) is 11.5. The van der Waals surface area contributed by atoms with Crippen LogP contribution < -0.4 is 5.56 Å². The van der Waals surface area contributed by atoms with Gasteiger partial charge < -0.3 is 0 Å². The summed E-state index contributed by atoms with van der Waals surface area (Å²) >= 11 is 0. The van der Waals surface area contributed by atoms with Crippen LogP contribution in [-0.2, 0) is 6.54 Å². The molecule has 3 heteroatoms. The molecule has 16 heavy (non-hydrogen) atoms. The van der Waals surface area contributed by atoms with Gasteiger partial charge in [-0.05, 0) is 13.8 Å². The van der Waals surface area contributed by atoms with Gasteiger partial charge in [-0.1, -0.05) is 30.3 Å². The van der Waals surface area contributed by atoms with Gasteiger partial charge in [-0.15, -0.1) is 0 Å². The molecule has 82 valence electrons. The van der Waals surface area contributed by atoms with Crippen molar-refractivity contribution >= 4 is 0 Å². The van der Waals surface area contributed by atoms with Gasteiger partial charge in [0.2, 0.25) is 0 Å². The molecule has 0 spiro atoms. The summed E-state index contributed by atoms with van der Waals surface area (Å²) in [5, 5.41) is 0. The molecule has 1 heterocycles. The molecule has 0 atom stereocenters. The second kappa shape index (κ2) is 4.31. The quantitative estimate of drug-likeness (QED) is 0.768. The fourth-order valence-electron chi connectivity index (χ4n) is 1.76. The van der Waals surface area contributed by atoms with E-state index >= 15 is 0 Å². The van der Waals surface area contributed by atoms with E-state index in [1.807, 2.05) is 44.2 Å². The van der Waals surface area contributed by atoms with Crippen molar-refractivity contribution in [1.29, 1.82) is 0 Å². The largest absolute Gasteiger partial charge is 0.297 e. The first kappa shape index (κ1) is 10.6. The number of rotatable bonds is 2. The van der Waals surface area contributed by atoms with Gasteiger partial charge >= 0.3 is 0 Å². The molecule has 0 aliphatic heterocycles. The summed E-state index contributed by atoms with van der Waals surface area (Å²) in [5.41, 5.74) is 1.73. The van der Waals surface area contributed by atoms with E-state index in [0.717, 1.165) is 17.1 Å². The lowest BCUT2D eigenvalue weighted by molar-refractivity contribution is 0.676. The lowest BCUT2D eigenvalue weighted by atomic mass is 10.1. The van der Waals surface area contributed by atoms with Gasteiger partial charge in [0.25, 0.3) is 5.56 Å². The van der Waals surface area contributed by atoms with E-state index in [-0.39, 0.29) is 5.56 Å². The Morgan fingerprint density at radius 3 is 2.50 bits per heavy atom. The van der Waals surface area contributed by atoms with Gasteiger partial charge in [0.05, 0.1) is 5.69 Å². The van der Waals surface area contributed by atoms with E-state index in [0.29, 0.717) is 6.54 Å². The minimum absolute atomic E-state index is 0.00820.